The Hall–Kier alpha value is -0.120. The number of nitrogens with two attached hydrogens (primary N) is 1. The third-order valence-corrected chi connectivity index (χ3v) is 4.29. The van der Waals surface area contributed by atoms with Crippen LogP contribution in [0.2, 0.25) is 0 Å². The molecule has 1 atom stereocenters. The number of hydrazine groups is 1. The molecule has 1 aliphatic rings. The van der Waals surface area contributed by atoms with Crippen LogP contribution >= 0.6 is 0 Å². The Bertz CT molecular complexity index is 179. The highest BCUT2D eigenvalue weighted by atomic mass is 15.3. The number of rotatable bonds is 4. The summed E-state index contributed by atoms with van der Waals surface area (Å²) in [5.74, 6) is 6.58. The van der Waals surface area contributed by atoms with Crippen LogP contribution in [0, 0.1) is 5.92 Å². The van der Waals surface area contributed by atoms with Gasteiger partial charge in [0.15, 0.2) is 0 Å². The summed E-state index contributed by atoms with van der Waals surface area (Å²) in [6, 6.07) is 0.417. The van der Waals surface area contributed by atoms with Gasteiger partial charge in [-0.25, -0.2) is 0 Å². The topological polar surface area (TPSA) is 41.3 Å². The lowest BCUT2D eigenvalue weighted by Crippen LogP contribution is -2.61. The zero-order valence-corrected chi connectivity index (χ0v) is 10.7. The van der Waals surface area contributed by atoms with Gasteiger partial charge in [0.2, 0.25) is 0 Å². The van der Waals surface area contributed by atoms with E-state index in [2.05, 4.69) is 38.3 Å². The fourth-order valence-electron chi connectivity index (χ4n) is 3.02. The van der Waals surface area contributed by atoms with Crippen molar-refractivity contribution in [3.8, 4) is 0 Å². The number of nitrogens with zero attached hydrogens (tertiary/aromatic N) is 1. The molecule has 3 N–H and O–H groups in total. The van der Waals surface area contributed by atoms with Gasteiger partial charge in [0, 0.05) is 11.6 Å². The molecule has 3 heteroatoms. The van der Waals surface area contributed by atoms with E-state index in [0.29, 0.717) is 6.04 Å². The van der Waals surface area contributed by atoms with E-state index < -0.39 is 0 Å². The third kappa shape index (κ3) is 2.52. The van der Waals surface area contributed by atoms with Gasteiger partial charge in [-0.3, -0.25) is 11.3 Å². The van der Waals surface area contributed by atoms with Crippen LogP contribution in [-0.2, 0) is 0 Å². The van der Waals surface area contributed by atoms with Gasteiger partial charge in [0.05, 0.1) is 0 Å². The van der Waals surface area contributed by atoms with Gasteiger partial charge in [-0.05, 0) is 52.1 Å². The Labute approximate surface area is 94.4 Å². The van der Waals surface area contributed by atoms with Crippen molar-refractivity contribution in [1.82, 2.24) is 10.3 Å². The van der Waals surface area contributed by atoms with Gasteiger partial charge in [0.1, 0.15) is 0 Å². The van der Waals surface area contributed by atoms with Crippen LogP contribution in [0.3, 0.4) is 0 Å². The van der Waals surface area contributed by atoms with Crippen LogP contribution in [0.1, 0.15) is 46.0 Å². The summed E-state index contributed by atoms with van der Waals surface area (Å²) in [7, 11) is 4.38. The van der Waals surface area contributed by atoms with Crippen molar-refractivity contribution in [2.75, 3.05) is 14.1 Å². The lowest BCUT2D eigenvalue weighted by molar-refractivity contribution is 0.0420. The Morgan fingerprint density at radius 3 is 2.27 bits per heavy atom. The number of likely N-dealkylation sites (N-methyl/N-ethyl adjacent to an activating group) is 1. The second kappa shape index (κ2) is 5.28. The van der Waals surface area contributed by atoms with E-state index in [1.54, 1.807) is 0 Å². The van der Waals surface area contributed by atoms with E-state index in [1.807, 2.05) is 0 Å². The molecule has 0 aromatic rings. The summed E-state index contributed by atoms with van der Waals surface area (Å²) in [6.07, 6.45) is 6.30. The third-order valence-electron chi connectivity index (χ3n) is 4.29. The second-order valence-corrected chi connectivity index (χ2v) is 5.31. The molecule has 0 radical (unpaired) electrons. The SMILES string of the molecule is CCC(NN)C1(N(C)C)CCC(C)CC1. The van der Waals surface area contributed by atoms with Gasteiger partial charge in [-0.15, -0.1) is 0 Å². The summed E-state index contributed by atoms with van der Waals surface area (Å²) in [6.45, 7) is 4.57. The molecule has 15 heavy (non-hydrogen) atoms. The number of hydrogen-bond donors (Lipinski definition) is 2. The first-order valence-corrected chi connectivity index (χ1v) is 6.20. The van der Waals surface area contributed by atoms with E-state index in [9.17, 15) is 0 Å². The van der Waals surface area contributed by atoms with Crippen molar-refractivity contribution < 1.29 is 0 Å². The average molecular weight is 213 g/mol. The Kier molecular flexibility index (Phi) is 4.56. The fraction of sp³-hybridized carbons (Fsp3) is 1.00. The molecule has 0 spiro atoms. The molecule has 0 aromatic heterocycles. The maximum absolute atomic E-state index is 5.70. The van der Waals surface area contributed by atoms with Crippen LogP contribution in [0.4, 0.5) is 0 Å². The van der Waals surface area contributed by atoms with Gasteiger partial charge in [0.25, 0.3) is 0 Å². The predicted octanol–water partition coefficient (Wildman–Crippen LogP) is 1.74. The first kappa shape index (κ1) is 12.9. The molecule has 0 heterocycles. The first-order chi connectivity index (χ1) is 7.06. The van der Waals surface area contributed by atoms with Crippen molar-refractivity contribution in [2.45, 2.75) is 57.5 Å². The van der Waals surface area contributed by atoms with Crippen LogP contribution in [0.5, 0.6) is 0 Å². The van der Waals surface area contributed by atoms with Gasteiger partial charge in [-0.1, -0.05) is 13.8 Å². The van der Waals surface area contributed by atoms with Gasteiger partial charge < -0.3 is 4.90 Å². The minimum Gasteiger partial charge on any atom is -0.302 e. The highest BCUT2D eigenvalue weighted by Gasteiger charge is 2.41. The smallest absolute Gasteiger partial charge is 0.0391 e. The largest absolute Gasteiger partial charge is 0.302 e. The van der Waals surface area contributed by atoms with Crippen molar-refractivity contribution in [1.29, 1.82) is 0 Å². The molecular formula is C12H27N3. The molecule has 90 valence electrons. The zero-order chi connectivity index (χ0) is 11.5. The molecule has 1 unspecified atom stereocenters. The van der Waals surface area contributed by atoms with Crippen molar-refractivity contribution in [3.05, 3.63) is 0 Å². The minimum atomic E-state index is 0.274. The molecule has 0 amide bonds. The Balaban J connectivity index is 2.79. The van der Waals surface area contributed by atoms with Crippen LogP contribution in [0.25, 0.3) is 0 Å². The molecule has 0 saturated heterocycles. The zero-order valence-electron chi connectivity index (χ0n) is 10.7. The fourth-order valence-corrected chi connectivity index (χ4v) is 3.02. The molecule has 0 aliphatic heterocycles. The lowest BCUT2D eigenvalue weighted by Gasteiger charge is -2.49. The molecular weight excluding hydrogens is 186 g/mol. The Morgan fingerprint density at radius 2 is 1.93 bits per heavy atom. The molecule has 1 rings (SSSR count). The summed E-state index contributed by atoms with van der Waals surface area (Å²) >= 11 is 0. The summed E-state index contributed by atoms with van der Waals surface area (Å²) < 4.78 is 0. The quantitative estimate of drug-likeness (QED) is 0.552. The van der Waals surface area contributed by atoms with E-state index in [0.717, 1.165) is 12.3 Å². The summed E-state index contributed by atoms with van der Waals surface area (Å²) in [5, 5.41) is 0. The van der Waals surface area contributed by atoms with E-state index >= 15 is 0 Å². The van der Waals surface area contributed by atoms with Crippen molar-refractivity contribution in [2.24, 2.45) is 11.8 Å². The molecule has 3 nitrogen and oxygen atoms in total. The summed E-state index contributed by atoms with van der Waals surface area (Å²) in [4.78, 5) is 2.38. The van der Waals surface area contributed by atoms with E-state index in [1.165, 1.54) is 25.7 Å². The lowest BCUT2D eigenvalue weighted by atomic mass is 9.71. The Morgan fingerprint density at radius 1 is 1.40 bits per heavy atom. The van der Waals surface area contributed by atoms with Gasteiger partial charge >= 0.3 is 0 Å². The maximum atomic E-state index is 5.70. The molecule has 1 saturated carbocycles. The van der Waals surface area contributed by atoms with E-state index in [4.69, 9.17) is 5.84 Å². The molecule has 0 bridgehead atoms. The summed E-state index contributed by atoms with van der Waals surface area (Å²) in [5.41, 5.74) is 3.29. The predicted molar refractivity (Wildman–Crippen MR) is 65.5 cm³/mol. The van der Waals surface area contributed by atoms with Gasteiger partial charge in [-0.2, -0.15) is 0 Å². The minimum absolute atomic E-state index is 0.274. The first-order valence-electron chi connectivity index (χ1n) is 6.20. The van der Waals surface area contributed by atoms with E-state index in [-0.39, 0.29) is 5.54 Å². The van der Waals surface area contributed by atoms with Crippen LogP contribution in [-0.4, -0.2) is 30.6 Å². The normalized spacial score (nSPS) is 34.4. The van der Waals surface area contributed by atoms with Crippen molar-refractivity contribution in [3.63, 3.8) is 0 Å². The maximum Gasteiger partial charge on any atom is 0.0391 e. The molecule has 0 aromatic carbocycles. The molecule has 1 aliphatic carbocycles. The number of hydrogen-bond acceptors (Lipinski definition) is 3. The average Bonchev–Trinajstić information content (AvgIpc) is 2.22. The number of nitrogens with one attached hydrogen (secondary N) is 1. The molecule has 1 fully saturated rings. The van der Waals surface area contributed by atoms with Crippen LogP contribution < -0.4 is 11.3 Å². The van der Waals surface area contributed by atoms with Crippen LogP contribution in [0.15, 0.2) is 0 Å². The monoisotopic (exact) mass is 213 g/mol. The van der Waals surface area contributed by atoms with Crippen molar-refractivity contribution >= 4 is 0 Å². The highest BCUT2D eigenvalue weighted by molar-refractivity contribution is 5.00. The highest BCUT2D eigenvalue weighted by Crippen LogP contribution is 2.38. The standard InChI is InChI=1S/C12H27N3/c1-5-11(14-13)12(15(3)4)8-6-10(2)7-9-12/h10-11,14H,5-9,13H2,1-4H3. The second-order valence-electron chi connectivity index (χ2n) is 5.31.